The first-order chi connectivity index (χ1) is 14.0. The van der Waals surface area contributed by atoms with Gasteiger partial charge in [-0.3, -0.25) is 3.97 Å². The van der Waals surface area contributed by atoms with Gasteiger partial charge in [-0.25, -0.2) is 14.0 Å². The number of para-hydroxylation sites is 1. The van der Waals surface area contributed by atoms with E-state index in [9.17, 15) is 14.1 Å². The lowest BCUT2D eigenvalue weighted by Gasteiger charge is -2.19. The molecule has 0 aliphatic heterocycles. The van der Waals surface area contributed by atoms with Gasteiger partial charge in [0.1, 0.15) is 11.1 Å². The zero-order valence-corrected chi connectivity index (χ0v) is 17.2. The van der Waals surface area contributed by atoms with Crippen molar-refractivity contribution in [1.82, 2.24) is 8.96 Å². The van der Waals surface area contributed by atoms with Gasteiger partial charge in [0.05, 0.1) is 33.6 Å². The Hall–Kier alpha value is -2.94. The van der Waals surface area contributed by atoms with E-state index < -0.39 is 21.8 Å². The van der Waals surface area contributed by atoms with Gasteiger partial charge in [0.25, 0.3) is 0 Å². The monoisotopic (exact) mass is 426 g/mol. The number of methoxy groups -OCH3 is 1. The fourth-order valence-corrected chi connectivity index (χ4v) is 5.74. The second-order valence-electron chi connectivity index (χ2n) is 6.29. The van der Waals surface area contributed by atoms with Gasteiger partial charge in [-0.15, -0.1) is 11.3 Å². The summed E-state index contributed by atoms with van der Waals surface area (Å²) in [6, 6.07) is 15.8. The number of carbonyl (C=O) groups excluding carboxylic acids is 1. The van der Waals surface area contributed by atoms with Gasteiger partial charge in [-0.1, -0.05) is 36.4 Å². The molecule has 2 aromatic heterocycles. The average molecular weight is 427 g/mol. The van der Waals surface area contributed by atoms with Crippen molar-refractivity contribution in [3.63, 3.8) is 0 Å². The summed E-state index contributed by atoms with van der Waals surface area (Å²) >= 11 is 1.24. The van der Waals surface area contributed by atoms with Crippen molar-refractivity contribution in [3.8, 4) is 0 Å². The Kier molecular flexibility index (Phi) is 4.99. The zero-order chi connectivity index (χ0) is 20.6. The molecule has 2 aromatic carbocycles. The molecular formula is C21H18N2O4S2. The first kappa shape index (κ1) is 19.4. The molecule has 0 saturated heterocycles. The molecule has 2 atom stereocenters. The van der Waals surface area contributed by atoms with Gasteiger partial charge in [0, 0.05) is 21.9 Å². The van der Waals surface area contributed by atoms with Gasteiger partial charge < -0.3 is 9.84 Å². The Labute approximate surface area is 172 Å². The Morgan fingerprint density at radius 1 is 1.21 bits per heavy atom. The lowest BCUT2D eigenvalue weighted by Crippen LogP contribution is -2.20. The zero-order valence-electron chi connectivity index (χ0n) is 15.5. The molecule has 0 bridgehead atoms. The number of esters is 1. The molecule has 0 amide bonds. The third-order valence-corrected chi connectivity index (χ3v) is 7.43. The highest BCUT2D eigenvalue weighted by molar-refractivity contribution is 7.99. The third kappa shape index (κ3) is 3.15. The summed E-state index contributed by atoms with van der Waals surface area (Å²) in [4.78, 5) is 17.4. The van der Waals surface area contributed by atoms with Crippen molar-refractivity contribution >= 4 is 43.8 Å². The molecular weight excluding hydrogens is 408 g/mol. The highest BCUT2D eigenvalue weighted by atomic mass is 32.2. The van der Waals surface area contributed by atoms with E-state index in [2.05, 4.69) is 10.9 Å². The fraction of sp³-hybridized carbons (Fsp3) is 0.0952. The molecule has 4 aromatic rings. The molecule has 4 rings (SSSR count). The minimum absolute atomic E-state index is 0.150. The molecule has 29 heavy (non-hydrogen) atoms. The molecule has 2 heterocycles. The molecule has 148 valence electrons. The van der Waals surface area contributed by atoms with Crippen molar-refractivity contribution in [2.24, 2.45) is 0 Å². The van der Waals surface area contributed by atoms with Crippen LogP contribution in [0.2, 0.25) is 0 Å². The fourth-order valence-electron chi connectivity index (χ4n) is 3.34. The van der Waals surface area contributed by atoms with Crippen molar-refractivity contribution in [2.75, 3.05) is 7.11 Å². The van der Waals surface area contributed by atoms with E-state index in [0.717, 1.165) is 0 Å². The van der Waals surface area contributed by atoms with Crippen LogP contribution >= 0.6 is 11.3 Å². The number of nitrogens with zero attached hydrogens (tertiary/aromatic N) is 2. The molecule has 0 spiro atoms. The lowest BCUT2D eigenvalue weighted by molar-refractivity contribution is 0.0597. The number of aliphatic hydroxyl groups is 1. The number of aromatic nitrogens is 2. The molecule has 6 nitrogen and oxygen atoms in total. The number of thiazole rings is 1. The third-order valence-electron chi connectivity index (χ3n) is 4.61. The maximum Gasteiger partial charge on any atom is 0.340 e. The van der Waals surface area contributed by atoms with Crippen LogP contribution in [0, 0.1) is 0 Å². The van der Waals surface area contributed by atoms with Crippen molar-refractivity contribution in [2.45, 2.75) is 11.0 Å². The summed E-state index contributed by atoms with van der Waals surface area (Å²) in [6.45, 7) is 0. The van der Waals surface area contributed by atoms with E-state index in [1.807, 2.05) is 6.07 Å². The molecule has 8 heteroatoms. The number of aliphatic hydroxyl groups excluding tert-OH is 1. The van der Waals surface area contributed by atoms with E-state index >= 15 is 0 Å². The summed E-state index contributed by atoms with van der Waals surface area (Å²) < 4.78 is 20.4. The first-order valence-electron chi connectivity index (χ1n) is 8.68. The quantitative estimate of drug-likeness (QED) is 0.390. The largest absolute Gasteiger partial charge is 0.465 e. The Morgan fingerprint density at radius 2 is 1.90 bits per heavy atom. The van der Waals surface area contributed by atoms with E-state index in [1.54, 1.807) is 60.1 Å². The number of fused-ring (bicyclic) bond motifs is 1. The number of hydrogen-bond donors (Lipinski definition) is 1. The van der Waals surface area contributed by atoms with Crippen molar-refractivity contribution < 1.29 is 18.8 Å². The molecule has 0 radical (unpaired) electrons. The number of carbonyl (C=O) groups is 1. The molecule has 2 unspecified atom stereocenters. The summed E-state index contributed by atoms with van der Waals surface area (Å²) in [7, 11) is -1.86. The predicted molar refractivity (Wildman–Crippen MR) is 115 cm³/mol. The van der Waals surface area contributed by atoms with Crippen LogP contribution in [0.1, 0.15) is 27.2 Å². The molecule has 0 fully saturated rings. The highest BCUT2D eigenvalue weighted by Crippen LogP contribution is 2.37. The average Bonchev–Trinajstić information content (AvgIpc) is 3.40. The maximum absolute atomic E-state index is 14.0. The lowest BCUT2D eigenvalue weighted by atomic mass is 10.1. The van der Waals surface area contributed by atoms with Crippen LogP contribution in [0.3, 0.4) is 0 Å². The van der Waals surface area contributed by atoms with E-state index in [-0.39, 0.29) is 11.3 Å². The van der Waals surface area contributed by atoms with Crippen molar-refractivity contribution in [3.05, 3.63) is 82.4 Å². The van der Waals surface area contributed by atoms with Gasteiger partial charge in [0.2, 0.25) is 0 Å². The topological polar surface area (TPSA) is 81.4 Å². The number of ether oxygens (including phenoxy) is 1. The summed E-state index contributed by atoms with van der Waals surface area (Å²) in [6.07, 6.45) is 0.287. The second kappa shape index (κ2) is 7.47. The first-order valence-corrected chi connectivity index (χ1v) is 11.2. The smallest absolute Gasteiger partial charge is 0.340 e. The predicted octanol–water partition coefficient (Wildman–Crippen LogP) is 3.50. The number of hydrogen-bond acceptors (Lipinski definition) is 6. The van der Waals surface area contributed by atoms with Crippen LogP contribution in [0.25, 0.3) is 10.9 Å². The molecule has 0 aliphatic rings. The van der Waals surface area contributed by atoms with Crippen LogP contribution in [-0.2, 0) is 14.4 Å². The van der Waals surface area contributed by atoms with Crippen LogP contribution in [0.5, 0.6) is 0 Å². The Morgan fingerprint density at radius 3 is 2.55 bits per heavy atom. The van der Waals surface area contributed by atoms with Crippen LogP contribution in [0.4, 0.5) is 0 Å². The van der Waals surface area contributed by atoms with E-state index in [0.29, 0.717) is 20.8 Å². The molecule has 0 saturated carbocycles. The van der Waals surface area contributed by atoms with Gasteiger partial charge in [0.15, 0.2) is 0 Å². The van der Waals surface area contributed by atoms with Crippen LogP contribution in [0.15, 0.2) is 71.1 Å². The normalized spacial score (nSPS) is 14.4. The van der Waals surface area contributed by atoms with Gasteiger partial charge in [-0.2, -0.15) is 0 Å². The standard InChI is InChI=1S/C21H18N2O4S2/c1-27-21(25)17-15-10-6-7-11-16(15)23(18(17)19(24)20-22-12-13-28-20)29(2,26)14-8-4-3-5-9-14/h3-13,19,24H,2H2,1H3. The summed E-state index contributed by atoms with van der Waals surface area (Å²) in [5.41, 5.74) is 0.817. The molecule has 0 aliphatic carbocycles. The number of rotatable bonds is 5. The van der Waals surface area contributed by atoms with Crippen LogP contribution < -0.4 is 0 Å². The minimum atomic E-state index is -3.13. The minimum Gasteiger partial charge on any atom is -0.465 e. The summed E-state index contributed by atoms with van der Waals surface area (Å²) in [5, 5.41) is 13.8. The number of benzene rings is 2. The van der Waals surface area contributed by atoms with Gasteiger partial charge >= 0.3 is 5.97 Å². The van der Waals surface area contributed by atoms with E-state index in [1.165, 1.54) is 22.4 Å². The van der Waals surface area contributed by atoms with Crippen LogP contribution in [-0.4, -0.2) is 37.2 Å². The van der Waals surface area contributed by atoms with Crippen molar-refractivity contribution in [1.29, 1.82) is 0 Å². The van der Waals surface area contributed by atoms with E-state index in [4.69, 9.17) is 4.74 Å². The maximum atomic E-state index is 14.0. The van der Waals surface area contributed by atoms with Gasteiger partial charge in [-0.05, 0) is 24.1 Å². The summed E-state index contributed by atoms with van der Waals surface area (Å²) in [5.74, 6) is 3.36. The Bertz CT molecular complexity index is 1280. The molecule has 1 N–H and O–H groups in total. The second-order valence-corrected chi connectivity index (χ2v) is 9.33. The highest BCUT2D eigenvalue weighted by Gasteiger charge is 2.32. The SMILES string of the molecule is C=S(=O)(c1ccccc1)n1c(C(O)c2nccs2)c(C(=O)OC)c2ccccc21. The Balaban J connectivity index is 2.14.